The van der Waals surface area contributed by atoms with E-state index in [9.17, 15) is 5.11 Å². The molecule has 1 aliphatic rings. The summed E-state index contributed by atoms with van der Waals surface area (Å²) in [6.07, 6.45) is 4.77. The van der Waals surface area contributed by atoms with Gasteiger partial charge in [-0.15, -0.1) is 0 Å². The van der Waals surface area contributed by atoms with Crippen LogP contribution in [0.1, 0.15) is 31.2 Å². The number of anilines is 1. The maximum absolute atomic E-state index is 9.51. The molecule has 1 aromatic rings. The first-order valence-corrected chi connectivity index (χ1v) is 7.02. The Hall–Kier alpha value is -1.26. The molecule has 3 N–H and O–H groups in total. The number of rotatable bonds is 4. The maximum Gasteiger partial charge on any atom is 0.141 e. The average Bonchev–Trinajstić information content (AvgIpc) is 2.64. The number of nitrogen functional groups attached to an aromatic ring is 1. The van der Waals surface area contributed by atoms with E-state index in [0.29, 0.717) is 5.69 Å². The highest BCUT2D eigenvalue weighted by molar-refractivity contribution is 5.54. The van der Waals surface area contributed by atoms with E-state index in [-0.39, 0.29) is 12.6 Å². The lowest BCUT2D eigenvalue weighted by atomic mass is 10.1. The molecule has 0 spiro atoms. The van der Waals surface area contributed by atoms with Gasteiger partial charge in [-0.1, -0.05) is 18.9 Å². The lowest BCUT2D eigenvalue weighted by Gasteiger charge is -2.28. The molecule has 1 fully saturated rings. The van der Waals surface area contributed by atoms with Gasteiger partial charge in [0, 0.05) is 12.6 Å². The number of aliphatic hydroxyl groups excluding tert-OH is 1. The summed E-state index contributed by atoms with van der Waals surface area (Å²) < 4.78 is 5.17. The molecule has 106 valence electrons. The second-order valence-corrected chi connectivity index (χ2v) is 5.23. The van der Waals surface area contributed by atoms with E-state index in [4.69, 9.17) is 10.5 Å². The van der Waals surface area contributed by atoms with E-state index < -0.39 is 0 Å². The van der Waals surface area contributed by atoms with E-state index in [0.717, 1.165) is 25.3 Å². The standard InChI is InChI=1S/C15H24N2O2/c1-19-15-7-6-12(9-14(15)16)10-17-8-4-2-3-5-13(17)11-18/h6-7,9,13,18H,2-5,8,10-11,16H2,1H3. The van der Waals surface area contributed by atoms with Crippen LogP contribution in [0.4, 0.5) is 5.69 Å². The fourth-order valence-corrected chi connectivity index (χ4v) is 2.77. The number of ether oxygens (including phenoxy) is 1. The minimum absolute atomic E-state index is 0.242. The van der Waals surface area contributed by atoms with Crippen LogP contribution in [0, 0.1) is 0 Å². The Morgan fingerprint density at radius 2 is 2.21 bits per heavy atom. The van der Waals surface area contributed by atoms with Gasteiger partial charge in [-0.2, -0.15) is 0 Å². The molecule has 1 aliphatic heterocycles. The van der Waals surface area contributed by atoms with Gasteiger partial charge in [-0.05, 0) is 37.1 Å². The van der Waals surface area contributed by atoms with Crippen LogP contribution in [0.3, 0.4) is 0 Å². The molecule has 0 bridgehead atoms. The highest BCUT2D eigenvalue weighted by Gasteiger charge is 2.20. The summed E-state index contributed by atoms with van der Waals surface area (Å²) in [6, 6.07) is 6.22. The van der Waals surface area contributed by atoms with Crippen molar-refractivity contribution in [2.75, 3.05) is 26.0 Å². The minimum Gasteiger partial charge on any atom is -0.495 e. The van der Waals surface area contributed by atoms with Gasteiger partial charge in [0.15, 0.2) is 0 Å². The molecule has 1 atom stereocenters. The molecule has 0 saturated carbocycles. The van der Waals surface area contributed by atoms with Crippen molar-refractivity contribution in [3.05, 3.63) is 23.8 Å². The van der Waals surface area contributed by atoms with Gasteiger partial charge >= 0.3 is 0 Å². The van der Waals surface area contributed by atoms with Gasteiger partial charge in [0.2, 0.25) is 0 Å². The van der Waals surface area contributed by atoms with Crippen molar-refractivity contribution < 1.29 is 9.84 Å². The zero-order valence-electron chi connectivity index (χ0n) is 11.6. The van der Waals surface area contributed by atoms with Crippen LogP contribution in [0.25, 0.3) is 0 Å². The first-order chi connectivity index (χ1) is 9.24. The maximum atomic E-state index is 9.51. The van der Waals surface area contributed by atoms with Gasteiger partial charge in [0.25, 0.3) is 0 Å². The lowest BCUT2D eigenvalue weighted by Crippen LogP contribution is -2.36. The molecule has 0 radical (unpaired) electrons. The van der Waals surface area contributed by atoms with E-state index in [1.54, 1.807) is 7.11 Å². The van der Waals surface area contributed by atoms with Crippen molar-refractivity contribution in [2.24, 2.45) is 0 Å². The fraction of sp³-hybridized carbons (Fsp3) is 0.600. The van der Waals surface area contributed by atoms with E-state index >= 15 is 0 Å². The van der Waals surface area contributed by atoms with E-state index in [1.165, 1.54) is 24.8 Å². The van der Waals surface area contributed by atoms with Crippen molar-refractivity contribution in [1.29, 1.82) is 0 Å². The summed E-state index contributed by atoms with van der Waals surface area (Å²) in [7, 11) is 1.63. The van der Waals surface area contributed by atoms with Gasteiger partial charge in [0.1, 0.15) is 5.75 Å². The molecule has 4 heteroatoms. The second kappa shape index (κ2) is 6.78. The average molecular weight is 264 g/mol. The molecule has 1 aromatic carbocycles. The summed E-state index contributed by atoms with van der Waals surface area (Å²) in [5.74, 6) is 0.721. The Labute approximate surface area is 115 Å². The highest BCUT2D eigenvalue weighted by Crippen LogP contribution is 2.24. The van der Waals surface area contributed by atoms with Crippen LogP contribution in [0.15, 0.2) is 18.2 Å². The first-order valence-electron chi connectivity index (χ1n) is 7.02. The quantitative estimate of drug-likeness (QED) is 0.817. The number of hydrogen-bond acceptors (Lipinski definition) is 4. The van der Waals surface area contributed by atoms with Crippen molar-refractivity contribution in [2.45, 2.75) is 38.3 Å². The van der Waals surface area contributed by atoms with Crippen LogP contribution >= 0.6 is 0 Å². The highest BCUT2D eigenvalue weighted by atomic mass is 16.5. The van der Waals surface area contributed by atoms with Gasteiger partial charge in [-0.3, -0.25) is 4.90 Å². The van der Waals surface area contributed by atoms with Crippen LogP contribution < -0.4 is 10.5 Å². The van der Waals surface area contributed by atoms with Crippen LogP contribution in [0.2, 0.25) is 0 Å². The fourth-order valence-electron chi connectivity index (χ4n) is 2.77. The molecule has 1 saturated heterocycles. The summed E-state index contributed by atoms with van der Waals surface area (Å²) in [4.78, 5) is 2.37. The number of hydrogen-bond donors (Lipinski definition) is 2. The van der Waals surface area contributed by atoms with E-state index in [1.807, 2.05) is 12.1 Å². The molecule has 0 amide bonds. The number of nitrogens with zero attached hydrogens (tertiary/aromatic N) is 1. The van der Waals surface area contributed by atoms with Crippen LogP contribution in [-0.2, 0) is 6.54 Å². The Balaban J connectivity index is 2.07. The first kappa shape index (κ1) is 14.2. The molecule has 1 heterocycles. The zero-order chi connectivity index (χ0) is 13.7. The Kier molecular flexibility index (Phi) is 5.05. The Morgan fingerprint density at radius 1 is 1.37 bits per heavy atom. The number of benzene rings is 1. The number of likely N-dealkylation sites (tertiary alicyclic amines) is 1. The molecular formula is C15H24N2O2. The van der Waals surface area contributed by atoms with Crippen molar-refractivity contribution in [3.63, 3.8) is 0 Å². The predicted octanol–water partition coefficient (Wildman–Crippen LogP) is 2.01. The molecule has 2 rings (SSSR count). The monoisotopic (exact) mass is 264 g/mol. The SMILES string of the molecule is COc1ccc(CN2CCCCCC2CO)cc1N. The summed E-state index contributed by atoms with van der Waals surface area (Å²) in [5.41, 5.74) is 7.80. The largest absolute Gasteiger partial charge is 0.495 e. The molecule has 0 aliphatic carbocycles. The van der Waals surface area contributed by atoms with Crippen molar-refractivity contribution in [3.8, 4) is 5.75 Å². The van der Waals surface area contributed by atoms with E-state index in [2.05, 4.69) is 11.0 Å². The van der Waals surface area contributed by atoms with Gasteiger partial charge in [0.05, 0.1) is 19.4 Å². The number of aliphatic hydroxyl groups is 1. The third-order valence-electron chi connectivity index (χ3n) is 3.89. The molecule has 19 heavy (non-hydrogen) atoms. The lowest BCUT2D eigenvalue weighted by molar-refractivity contribution is 0.118. The van der Waals surface area contributed by atoms with Crippen molar-refractivity contribution >= 4 is 5.69 Å². The molecule has 1 unspecified atom stereocenters. The minimum atomic E-state index is 0.242. The second-order valence-electron chi connectivity index (χ2n) is 5.23. The third kappa shape index (κ3) is 3.61. The summed E-state index contributed by atoms with van der Waals surface area (Å²) in [5, 5.41) is 9.51. The predicted molar refractivity (Wildman–Crippen MR) is 77.2 cm³/mol. The smallest absolute Gasteiger partial charge is 0.141 e. The number of nitrogens with two attached hydrogens (primary N) is 1. The normalized spacial score (nSPS) is 21.1. The zero-order valence-corrected chi connectivity index (χ0v) is 11.6. The summed E-state index contributed by atoms with van der Waals surface area (Å²) >= 11 is 0. The topological polar surface area (TPSA) is 58.7 Å². The third-order valence-corrected chi connectivity index (χ3v) is 3.89. The molecule has 0 aromatic heterocycles. The molecule has 4 nitrogen and oxygen atoms in total. The van der Waals surface area contributed by atoms with Crippen LogP contribution in [-0.4, -0.2) is 36.3 Å². The molecular weight excluding hydrogens is 240 g/mol. The Morgan fingerprint density at radius 3 is 2.89 bits per heavy atom. The Bertz CT molecular complexity index is 409. The van der Waals surface area contributed by atoms with Gasteiger partial charge < -0.3 is 15.6 Å². The van der Waals surface area contributed by atoms with Crippen molar-refractivity contribution in [1.82, 2.24) is 4.90 Å². The van der Waals surface area contributed by atoms with Crippen LogP contribution in [0.5, 0.6) is 5.75 Å². The number of methoxy groups -OCH3 is 1. The summed E-state index contributed by atoms with van der Waals surface area (Å²) in [6.45, 7) is 2.14. The van der Waals surface area contributed by atoms with Gasteiger partial charge in [-0.25, -0.2) is 0 Å².